The number of hydrogen-bond acceptors (Lipinski definition) is 3. The molecule has 0 aliphatic rings. The van der Waals surface area contributed by atoms with Crippen LogP contribution in [-0.2, 0) is 4.79 Å². The van der Waals surface area contributed by atoms with Gasteiger partial charge >= 0.3 is 0 Å². The number of hydrogen-bond donors (Lipinski definition) is 3. The second kappa shape index (κ2) is 48.9. The van der Waals surface area contributed by atoms with E-state index in [9.17, 15) is 15.0 Å². The van der Waals surface area contributed by atoms with E-state index >= 15 is 0 Å². The fourth-order valence-corrected chi connectivity index (χ4v) is 7.08. The zero-order chi connectivity index (χ0) is 42.1. The van der Waals surface area contributed by atoms with Gasteiger partial charge in [-0.2, -0.15) is 0 Å². The van der Waals surface area contributed by atoms with Crippen LogP contribution in [0.2, 0.25) is 0 Å². The molecule has 0 aromatic heterocycles. The van der Waals surface area contributed by atoms with Gasteiger partial charge in [0.05, 0.1) is 18.8 Å². The predicted molar refractivity (Wildman–Crippen MR) is 257 cm³/mol. The maximum Gasteiger partial charge on any atom is 0.220 e. The van der Waals surface area contributed by atoms with E-state index in [0.717, 1.165) is 64.2 Å². The molecule has 58 heavy (non-hydrogen) atoms. The lowest BCUT2D eigenvalue weighted by molar-refractivity contribution is -0.123. The van der Waals surface area contributed by atoms with Gasteiger partial charge in [0.2, 0.25) is 5.91 Å². The monoisotopic (exact) mass is 806 g/mol. The summed E-state index contributed by atoms with van der Waals surface area (Å²) in [5.74, 6) is -0.0794. The van der Waals surface area contributed by atoms with Crippen molar-refractivity contribution in [1.82, 2.24) is 5.32 Å². The first kappa shape index (κ1) is 55.6. The first-order valence-corrected chi connectivity index (χ1v) is 24.8. The van der Waals surface area contributed by atoms with Crippen LogP contribution in [0.15, 0.2) is 85.1 Å². The van der Waals surface area contributed by atoms with Gasteiger partial charge in [-0.05, 0) is 83.5 Å². The molecule has 0 aliphatic heterocycles. The van der Waals surface area contributed by atoms with Gasteiger partial charge in [-0.25, -0.2) is 0 Å². The van der Waals surface area contributed by atoms with Crippen LogP contribution in [0, 0.1) is 0 Å². The highest BCUT2D eigenvalue weighted by atomic mass is 16.3. The third-order valence-electron chi connectivity index (χ3n) is 10.8. The van der Waals surface area contributed by atoms with Gasteiger partial charge in [0.1, 0.15) is 0 Å². The Kier molecular flexibility index (Phi) is 46.9. The zero-order valence-corrected chi connectivity index (χ0v) is 38.3. The van der Waals surface area contributed by atoms with Gasteiger partial charge in [0.25, 0.3) is 0 Å². The number of rotatable bonds is 44. The van der Waals surface area contributed by atoms with Crippen molar-refractivity contribution < 1.29 is 15.0 Å². The summed E-state index contributed by atoms with van der Waals surface area (Å²) in [5.41, 5.74) is 0. The lowest BCUT2D eigenvalue weighted by Crippen LogP contribution is -2.45. The molecule has 2 unspecified atom stereocenters. The SMILES string of the molecule is CC/C=C\C/C=C\C/C=C\C/C=C\CCCCCCCCCCCCCCCCCCCCCCC(=O)NC(CO)C(O)/C=C/CC/C=C/CC/C=C/CCCCC. The van der Waals surface area contributed by atoms with E-state index in [0.29, 0.717) is 6.42 Å². The Morgan fingerprint density at radius 2 is 0.776 bits per heavy atom. The number of aliphatic hydroxyl groups excluding tert-OH is 2. The maximum absolute atomic E-state index is 12.4. The molecule has 0 spiro atoms. The van der Waals surface area contributed by atoms with Crippen LogP contribution in [0.4, 0.5) is 0 Å². The van der Waals surface area contributed by atoms with E-state index in [2.05, 4.69) is 92.1 Å². The van der Waals surface area contributed by atoms with Gasteiger partial charge in [-0.15, -0.1) is 0 Å². The number of aliphatic hydroxyl groups is 2. The molecule has 0 aromatic rings. The molecular weight excluding hydrogens is 711 g/mol. The van der Waals surface area contributed by atoms with Crippen LogP contribution in [0.1, 0.15) is 232 Å². The Morgan fingerprint density at radius 1 is 0.431 bits per heavy atom. The average Bonchev–Trinajstić information content (AvgIpc) is 3.23. The lowest BCUT2D eigenvalue weighted by atomic mass is 10.0. The first-order valence-electron chi connectivity index (χ1n) is 24.8. The van der Waals surface area contributed by atoms with Gasteiger partial charge in [0.15, 0.2) is 0 Å². The molecule has 0 fully saturated rings. The van der Waals surface area contributed by atoms with Crippen molar-refractivity contribution in [3.8, 4) is 0 Å². The fourth-order valence-electron chi connectivity index (χ4n) is 7.08. The molecule has 0 aliphatic carbocycles. The molecule has 4 nitrogen and oxygen atoms in total. The molecule has 0 rings (SSSR count). The third-order valence-corrected chi connectivity index (χ3v) is 10.8. The van der Waals surface area contributed by atoms with Gasteiger partial charge < -0.3 is 15.5 Å². The molecule has 0 heterocycles. The van der Waals surface area contributed by atoms with Crippen molar-refractivity contribution in [1.29, 1.82) is 0 Å². The number of nitrogens with one attached hydrogen (secondary N) is 1. The van der Waals surface area contributed by atoms with E-state index < -0.39 is 12.1 Å². The van der Waals surface area contributed by atoms with E-state index in [-0.39, 0.29) is 12.5 Å². The Balaban J connectivity index is 3.49. The zero-order valence-electron chi connectivity index (χ0n) is 38.3. The molecule has 0 radical (unpaired) electrons. The predicted octanol–water partition coefficient (Wildman–Crippen LogP) is 16.0. The summed E-state index contributed by atoms with van der Waals surface area (Å²) >= 11 is 0. The minimum atomic E-state index is -0.871. The molecule has 0 saturated heterocycles. The highest BCUT2D eigenvalue weighted by Gasteiger charge is 2.17. The van der Waals surface area contributed by atoms with Crippen molar-refractivity contribution in [3.63, 3.8) is 0 Å². The summed E-state index contributed by atoms with van der Waals surface area (Å²) in [4.78, 5) is 12.4. The van der Waals surface area contributed by atoms with Crippen molar-refractivity contribution in [2.24, 2.45) is 0 Å². The molecule has 1 amide bonds. The van der Waals surface area contributed by atoms with Crippen molar-refractivity contribution in [3.05, 3.63) is 85.1 Å². The molecular formula is C54H95NO3. The normalized spacial score (nSPS) is 13.7. The highest BCUT2D eigenvalue weighted by molar-refractivity contribution is 5.76. The molecule has 0 aromatic carbocycles. The standard InChI is InChI=1S/C54H95NO3/c1-3-5-7-9-11-13-15-17-18-19-20-21-22-23-24-25-26-27-28-29-30-31-32-33-34-35-36-38-40-42-44-46-48-50-54(58)55-52(51-56)53(57)49-47-45-43-41-39-37-16-14-12-10-8-6-4-2/h5,7,11-14,17-18,20-21,39,41,47,49,52-53,56-57H,3-4,6,8-10,15-16,19,22-38,40,42-46,48,50-51H2,1-2H3,(H,55,58)/b7-5-,13-11-,14-12+,18-17-,21-20-,41-39+,49-47+. The molecule has 2 atom stereocenters. The third kappa shape index (κ3) is 44.7. The first-order chi connectivity index (χ1) is 28.7. The van der Waals surface area contributed by atoms with E-state index in [1.54, 1.807) is 6.08 Å². The van der Waals surface area contributed by atoms with E-state index in [1.165, 1.54) is 148 Å². The second-order valence-electron chi connectivity index (χ2n) is 16.5. The Labute approximate surface area is 361 Å². The smallest absolute Gasteiger partial charge is 0.220 e. The Hall–Kier alpha value is -2.43. The lowest BCUT2D eigenvalue weighted by Gasteiger charge is -2.19. The van der Waals surface area contributed by atoms with Crippen LogP contribution >= 0.6 is 0 Å². The molecule has 0 bridgehead atoms. The van der Waals surface area contributed by atoms with Gasteiger partial charge in [0, 0.05) is 6.42 Å². The number of carbonyl (C=O) groups excluding carboxylic acids is 1. The largest absolute Gasteiger partial charge is 0.394 e. The van der Waals surface area contributed by atoms with E-state index in [1.807, 2.05) is 6.08 Å². The summed E-state index contributed by atoms with van der Waals surface area (Å²) in [6.45, 7) is 4.14. The Morgan fingerprint density at radius 3 is 1.21 bits per heavy atom. The van der Waals surface area contributed by atoms with Crippen LogP contribution < -0.4 is 5.32 Å². The van der Waals surface area contributed by atoms with Gasteiger partial charge in [-0.1, -0.05) is 227 Å². The molecule has 4 heteroatoms. The number of allylic oxidation sites excluding steroid dienone is 13. The minimum absolute atomic E-state index is 0.0794. The summed E-state index contributed by atoms with van der Waals surface area (Å²) in [6, 6.07) is -0.646. The topological polar surface area (TPSA) is 69.6 Å². The van der Waals surface area contributed by atoms with Crippen molar-refractivity contribution in [2.45, 2.75) is 244 Å². The molecule has 3 N–H and O–H groups in total. The van der Waals surface area contributed by atoms with Crippen molar-refractivity contribution in [2.75, 3.05) is 6.61 Å². The maximum atomic E-state index is 12.4. The quantitative estimate of drug-likeness (QED) is 0.0424. The number of amides is 1. The average molecular weight is 806 g/mol. The summed E-state index contributed by atoms with van der Waals surface area (Å²) < 4.78 is 0. The van der Waals surface area contributed by atoms with Crippen LogP contribution in [0.25, 0.3) is 0 Å². The molecule has 0 saturated carbocycles. The minimum Gasteiger partial charge on any atom is -0.394 e. The molecule has 334 valence electrons. The fraction of sp³-hybridized carbons (Fsp3) is 0.722. The summed E-state index contributed by atoms with van der Waals surface area (Å²) in [5, 5.41) is 23.0. The van der Waals surface area contributed by atoms with E-state index in [4.69, 9.17) is 0 Å². The van der Waals surface area contributed by atoms with Crippen molar-refractivity contribution >= 4 is 5.91 Å². The van der Waals surface area contributed by atoms with Crippen LogP contribution in [0.3, 0.4) is 0 Å². The number of carbonyl (C=O) groups is 1. The summed E-state index contributed by atoms with van der Waals surface area (Å²) in [6.07, 6.45) is 71.5. The van der Waals surface area contributed by atoms with Gasteiger partial charge in [-0.3, -0.25) is 4.79 Å². The van der Waals surface area contributed by atoms with Crippen LogP contribution in [-0.4, -0.2) is 34.9 Å². The summed E-state index contributed by atoms with van der Waals surface area (Å²) in [7, 11) is 0. The Bertz CT molecular complexity index is 1050. The van der Waals surface area contributed by atoms with Crippen LogP contribution in [0.5, 0.6) is 0 Å². The number of unbranched alkanes of at least 4 members (excludes halogenated alkanes) is 25. The highest BCUT2D eigenvalue weighted by Crippen LogP contribution is 2.16. The second-order valence-corrected chi connectivity index (χ2v) is 16.5.